The van der Waals surface area contributed by atoms with Gasteiger partial charge in [0.05, 0.1) is 0 Å². The molecule has 1 aliphatic rings. The van der Waals surface area contributed by atoms with Crippen LogP contribution in [0, 0.1) is 11.3 Å². The minimum atomic E-state index is -0.171. The van der Waals surface area contributed by atoms with E-state index < -0.39 is 0 Å². The van der Waals surface area contributed by atoms with Crippen molar-refractivity contribution in [1.82, 2.24) is 15.1 Å². The van der Waals surface area contributed by atoms with Crippen molar-refractivity contribution in [2.75, 3.05) is 32.7 Å². The number of hydrogen-bond donors (Lipinski definition) is 1. The van der Waals surface area contributed by atoms with E-state index in [2.05, 4.69) is 22.3 Å². The lowest BCUT2D eigenvalue weighted by Crippen LogP contribution is -2.48. The minimum absolute atomic E-state index is 0.171. The van der Waals surface area contributed by atoms with Crippen LogP contribution in [0.25, 0.3) is 0 Å². The number of carbonyl (C=O) groups is 1. The van der Waals surface area contributed by atoms with Crippen molar-refractivity contribution in [2.45, 2.75) is 19.9 Å². The third-order valence-corrected chi connectivity index (χ3v) is 3.90. The Morgan fingerprint density at radius 1 is 1.26 bits per heavy atom. The van der Waals surface area contributed by atoms with Gasteiger partial charge in [-0.05, 0) is 12.0 Å². The highest BCUT2D eigenvalue weighted by Crippen LogP contribution is 2.10. The molecule has 0 spiro atoms. The highest BCUT2D eigenvalue weighted by molar-refractivity contribution is 5.97. The molecule has 1 heterocycles. The Bertz CT molecular complexity index is 568. The van der Waals surface area contributed by atoms with E-state index >= 15 is 0 Å². The fraction of sp³-hybridized carbons (Fsp3) is 0.444. The van der Waals surface area contributed by atoms with E-state index in [0.717, 1.165) is 32.6 Å². The molecule has 5 nitrogen and oxygen atoms in total. The molecule has 1 aromatic rings. The third kappa shape index (κ3) is 5.11. The van der Waals surface area contributed by atoms with Gasteiger partial charge in [0.1, 0.15) is 11.6 Å². The second-order valence-corrected chi connectivity index (χ2v) is 5.68. The molecule has 1 fully saturated rings. The van der Waals surface area contributed by atoms with Gasteiger partial charge < -0.3 is 10.2 Å². The number of piperazine rings is 1. The normalized spacial score (nSPS) is 16.0. The van der Waals surface area contributed by atoms with Gasteiger partial charge >= 0.3 is 0 Å². The van der Waals surface area contributed by atoms with Crippen LogP contribution in [0.15, 0.2) is 42.1 Å². The van der Waals surface area contributed by atoms with Crippen molar-refractivity contribution < 1.29 is 4.79 Å². The highest BCUT2D eigenvalue weighted by atomic mass is 16.2. The Balaban J connectivity index is 1.84. The van der Waals surface area contributed by atoms with Crippen LogP contribution >= 0.6 is 0 Å². The van der Waals surface area contributed by atoms with Crippen LogP contribution in [-0.4, -0.2) is 48.4 Å². The molecule has 1 aliphatic heterocycles. The maximum absolute atomic E-state index is 12.4. The van der Waals surface area contributed by atoms with Gasteiger partial charge in [0.2, 0.25) is 0 Å². The van der Waals surface area contributed by atoms with Crippen LogP contribution in [-0.2, 0) is 11.3 Å². The molecule has 0 radical (unpaired) electrons. The van der Waals surface area contributed by atoms with Gasteiger partial charge in [0.15, 0.2) is 0 Å². The van der Waals surface area contributed by atoms with Gasteiger partial charge in [-0.1, -0.05) is 37.3 Å². The Morgan fingerprint density at radius 3 is 2.57 bits per heavy atom. The molecule has 0 unspecified atom stereocenters. The molecule has 0 aliphatic carbocycles. The van der Waals surface area contributed by atoms with E-state index in [1.54, 1.807) is 11.1 Å². The Kier molecular flexibility index (Phi) is 6.64. The van der Waals surface area contributed by atoms with Gasteiger partial charge in [-0.3, -0.25) is 9.69 Å². The number of carbonyl (C=O) groups excluding carboxylic acids is 1. The molecule has 1 N–H and O–H groups in total. The van der Waals surface area contributed by atoms with E-state index in [-0.39, 0.29) is 11.5 Å². The Morgan fingerprint density at radius 2 is 1.96 bits per heavy atom. The molecule has 1 aromatic carbocycles. The molecule has 2 rings (SSSR count). The predicted octanol–water partition coefficient (Wildman–Crippen LogP) is 1.74. The molecule has 0 saturated carbocycles. The van der Waals surface area contributed by atoms with Crippen molar-refractivity contribution in [1.29, 1.82) is 5.26 Å². The van der Waals surface area contributed by atoms with Gasteiger partial charge in [0.25, 0.3) is 5.91 Å². The Hall–Kier alpha value is -2.32. The average Bonchev–Trinajstić information content (AvgIpc) is 2.60. The Labute approximate surface area is 138 Å². The summed E-state index contributed by atoms with van der Waals surface area (Å²) in [6.45, 7) is 6.71. The van der Waals surface area contributed by atoms with Crippen LogP contribution in [0.4, 0.5) is 0 Å². The molecule has 0 bridgehead atoms. The standard InChI is InChI=1S/C18H24N4O/c1-2-8-20-14-17(13-19)18(23)22-11-9-21(10-12-22)15-16-6-4-3-5-7-16/h3-7,14,20H,2,8-12,15H2,1H3/b17-14-. The number of benzene rings is 1. The summed E-state index contributed by atoms with van der Waals surface area (Å²) in [5, 5.41) is 12.2. The molecule has 5 heteroatoms. The summed E-state index contributed by atoms with van der Waals surface area (Å²) in [6, 6.07) is 12.3. The number of nitriles is 1. The fourth-order valence-electron chi connectivity index (χ4n) is 2.58. The summed E-state index contributed by atoms with van der Waals surface area (Å²) < 4.78 is 0. The van der Waals surface area contributed by atoms with Gasteiger partial charge in [-0.25, -0.2) is 0 Å². The number of rotatable bonds is 6. The van der Waals surface area contributed by atoms with Crippen molar-refractivity contribution in [3.8, 4) is 6.07 Å². The average molecular weight is 312 g/mol. The maximum atomic E-state index is 12.4. The van der Waals surface area contributed by atoms with Crippen molar-refractivity contribution in [3.63, 3.8) is 0 Å². The molecule has 0 aromatic heterocycles. The van der Waals surface area contributed by atoms with Crippen molar-refractivity contribution in [3.05, 3.63) is 47.7 Å². The van der Waals surface area contributed by atoms with Crippen LogP contribution in [0.1, 0.15) is 18.9 Å². The lowest BCUT2D eigenvalue weighted by Gasteiger charge is -2.34. The van der Waals surface area contributed by atoms with E-state index in [1.807, 2.05) is 31.2 Å². The summed E-state index contributed by atoms with van der Waals surface area (Å²) in [7, 11) is 0. The van der Waals surface area contributed by atoms with E-state index in [9.17, 15) is 4.79 Å². The highest BCUT2D eigenvalue weighted by Gasteiger charge is 2.23. The third-order valence-electron chi connectivity index (χ3n) is 3.90. The first-order valence-corrected chi connectivity index (χ1v) is 8.13. The predicted molar refractivity (Wildman–Crippen MR) is 90.3 cm³/mol. The summed E-state index contributed by atoms with van der Waals surface area (Å²) in [5.74, 6) is -0.171. The van der Waals surface area contributed by atoms with Gasteiger partial charge in [0, 0.05) is 45.5 Å². The topological polar surface area (TPSA) is 59.4 Å². The monoisotopic (exact) mass is 312 g/mol. The lowest BCUT2D eigenvalue weighted by molar-refractivity contribution is -0.128. The van der Waals surface area contributed by atoms with Crippen LogP contribution in [0.5, 0.6) is 0 Å². The summed E-state index contributed by atoms with van der Waals surface area (Å²) in [5.41, 5.74) is 1.48. The molecular weight excluding hydrogens is 288 g/mol. The molecular formula is C18H24N4O. The minimum Gasteiger partial charge on any atom is -0.390 e. The number of nitrogens with zero attached hydrogens (tertiary/aromatic N) is 3. The quantitative estimate of drug-likeness (QED) is 0.494. The molecule has 1 saturated heterocycles. The molecule has 0 atom stereocenters. The summed E-state index contributed by atoms with van der Waals surface area (Å²) >= 11 is 0. The fourth-order valence-corrected chi connectivity index (χ4v) is 2.58. The first-order valence-electron chi connectivity index (χ1n) is 8.13. The molecule has 122 valence electrons. The maximum Gasteiger partial charge on any atom is 0.266 e. The number of hydrogen-bond acceptors (Lipinski definition) is 4. The van der Waals surface area contributed by atoms with Crippen LogP contribution in [0.3, 0.4) is 0 Å². The summed E-state index contributed by atoms with van der Waals surface area (Å²) in [4.78, 5) is 16.5. The van der Waals surface area contributed by atoms with E-state index in [0.29, 0.717) is 13.1 Å². The molecule has 23 heavy (non-hydrogen) atoms. The molecule has 1 amide bonds. The van der Waals surface area contributed by atoms with E-state index in [1.165, 1.54) is 5.56 Å². The second-order valence-electron chi connectivity index (χ2n) is 5.68. The number of nitrogens with one attached hydrogen (secondary N) is 1. The first kappa shape index (κ1) is 17.0. The van der Waals surface area contributed by atoms with Gasteiger partial charge in [-0.2, -0.15) is 5.26 Å². The second kappa shape index (κ2) is 8.96. The number of amides is 1. The lowest BCUT2D eigenvalue weighted by atomic mass is 10.2. The van der Waals surface area contributed by atoms with E-state index in [4.69, 9.17) is 5.26 Å². The first-order chi connectivity index (χ1) is 11.2. The SMILES string of the molecule is CCCN/C=C(/C#N)C(=O)N1CCN(Cc2ccccc2)CC1. The van der Waals surface area contributed by atoms with Crippen molar-refractivity contribution >= 4 is 5.91 Å². The summed E-state index contributed by atoms with van der Waals surface area (Å²) in [6.07, 6.45) is 2.50. The zero-order valence-corrected chi connectivity index (χ0v) is 13.7. The zero-order valence-electron chi connectivity index (χ0n) is 13.7. The largest absolute Gasteiger partial charge is 0.390 e. The van der Waals surface area contributed by atoms with Gasteiger partial charge in [-0.15, -0.1) is 0 Å². The smallest absolute Gasteiger partial charge is 0.266 e. The van der Waals surface area contributed by atoms with Crippen molar-refractivity contribution in [2.24, 2.45) is 0 Å². The van der Waals surface area contributed by atoms with Crippen LogP contribution < -0.4 is 5.32 Å². The zero-order chi connectivity index (χ0) is 16.5. The van der Waals surface area contributed by atoms with Crippen LogP contribution in [0.2, 0.25) is 0 Å².